The number of aromatic nitrogens is 1. The first kappa shape index (κ1) is 28.8. The number of rotatable bonds is 7. The van der Waals surface area contributed by atoms with E-state index in [1.807, 2.05) is 6.92 Å². The van der Waals surface area contributed by atoms with Crippen molar-refractivity contribution in [2.45, 2.75) is 55.6 Å². The van der Waals surface area contributed by atoms with Gasteiger partial charge in [-0.2, -0.15) is 13.2 Å². The van der Waals surface area contributed by atoms with E-state index in [0.717, 1.165) is 11.6 Å². The maximum atomic E-state index is 13.5. The minimum Gasteiger partial charge on any atom is -0.369 e. The third kappa shape index (κ3) is 5.60. The smallest absolute Gasteiger partial charge is 0.369 e. The number of hydrogen-bond donors (Lipinski definition) is 3. The van der Waals surface area contributed by atoms with Gasteiger partial charge in [-0.1, -0.05) is 43.3 Å². The maximum Gasteiger partial charge on any atom is 0.417 e. The molecule has 1 aliphatic rings. The molecule has 1 heterocycles. The first-order valence-corrected chi connectivity index (χ1v) is 14.7. The molecule has 0 radical (unpaired) electrons. The van der Waals surface area contributed by atoms with Crippen LogP contribution < -0.4 is 10.5 Å². The molecule has 1 amide bonds. The molecule has 11 heteroatoms. The van der Waals surface area contributed by atoms with Crippen molar-refractivity contribution >= 4 is 26.8 Å². The summed E-state index contributed by atoms with van der Waals surface area (Å²) in [5.74, 6) is -1.15. The van der Waals surface area contributed by atoms with Crippen LogP contribution in [0.25, 0.3) is 22.2 Å². The molecule has 3 aromatic carbocycles. The van der Waals surface area contributed by atoms with Gasteiger partial charge in [0.2, 0.25) is 15.9 Å². The van der Waals surface area contributed by atoms with E-state index >= 15 is 0 Å². The zero-order valence-corrected chi connectivity index (χ0v) is 23.0. The quantitative estimate of drug-likeness (QED) is 0.215. The Morgan fingerprint density at radius 3 is 2.32 bits per heavy atom. The number of halogens is 4. The summed E-state index contributed by atoms with van der Waals surface area (Å²) in [6.07, 6.45) is -3.10. The topological polar surface area (TPSA) is 105 Å². The number of nitrogens with two attached hydrogens (primary N) is 1. The maximum absolute atomic E-state index is 13.5. The van der Waals surface area contributed by atoms with Crippen LogP contribution in [0.1, 0.15) is 49.7 Å². The standard InChI is InChI=1S/C30H29F4N3O3S/c1-18(19-6-9-21(31)10-7-19)29(28(35)38)14-12-22(13-15-29)37-41(39,40)23-11-8-20-16-27(36-26(20)17-23)24-4-2-3-5-25(24)30(32,33)34/h2-11,16-18,22,36-37H,12-15H2,1H3,(H2,35,38)/t18-,22?,29?/m1/s1. The van der Waals surface area contributed by atoms with Gasteiger partial charge in [-0.15, -0.1) is 0 Å². The van der Waals surface area contributed by atoms with Crippen LogP contribution in [0, 0.1) is 11.2 Å². The van der Waals surface area contributed by atoms with Gasteiger partial charge in [-0.25, -0.2) is 17.5 Å². The molecule has 4 N–H and O–H groups in total. The van der Waals surface area contributed by atoms with Crippen molar-refractivity contribution in [3.8, 4) is 11.3 Å². The SMILES string of the molecule is C[C@H](c1ccc(F)cc1)C1(C(N)=O)CCC(NS(=O)(=O)c2ccc3cc(-c4ccccc4C(F)(F)F)[nH]c3c2)CC1. The number of nitrogens with one attached hydrogen (secondary N) is 2. The summed E-state index contributed by atoms with van der Waals surface area (Å²) >= 11 is 0. The normalized spacial score (nSPS) is 20.7. The highest BCUT2D eigenvalue weighted by Crippen LogP contribution is 2.47. The largest absolute Gasteiger partial charge is 0.417 e. The highest BCUT2D eigenvalue weighted by Gasteiger charge is 2.45. The molecule has 1 aromatic heterocycles. The van der Waals surface area contributed by atoms with Gasteiger partial charge in [0, 0.05) is 28.2 Å². The van der Waals surface area contributed by atoms with Gasteiger partial charge in [0.25, 0.3) is 0 Å². The van der Waals surface area contributed by atoms with E-state index in [9.17, 15) is 30.8 Å². The summed E-state index contributed by atoms with van der Waals surface area (Å²) in [5, 5.41) is 0.564. The number of sulfonamides is 1. The van der Waals surface area contributed by atoms with Crippen LogP contribution in [-0.4, -0.2) is 25.4 Å². The summed E-state index contributed by atoms with van der Waals surface area (Å²) in [6.45, 7) is 1.87. The molecule has 0 unspecified atom stereocenters. The fraction of sp³-hybridized carbons (Fsp3) is 0.300. The molecule has 0 spiro atoms. The van der Waals surface area contributed by atoms with Crippen molar-refractivity contribution in [2.75, 3.05) is 0 Å². The molecule has 4 aromatic rings. The number of H-pyrrole nitrogens is 1. The number of alkyl halides is 3. The van der Waals surface area contributed by atoms with Crippen molar-refractivity contribution < 1.29 is 30.8 Å². The molecular weight excluding hydrogens is 558 g/mol. The average Bonchev–Trinajstić information content (AvgIpc) is 3.36. The van der Waals surface area contributed by atoms with Crippen molar-refractivity contribution in [3.05, 3.63) is 89.7 Å². The Hall–Kier alpha value is -3.70. The lowest BCUT2D eigenvalue weighted by molar-refractivity contribution is -0.137. The van der Waals surface area contributed by atoms with Gasteiger partial charge in [-0.05, 0) is 73.6 Å². The van der Waals surface area contributed by atoms with Gasteiger partial charge in [-0.3, -0.25) is 4.79 Å². The Kier molecular flexibility index (Phi) is 7.46. The predicted molar refractivity (Wildman–Crippen MR) is 148 cm³/mol. The minimum absolute atomic E-state index is 0.0334. The summed E-state index contributed by atoms with van der Waals surface area (Å²) in [5.41, 5.74) is 5.50. The van der Waals surface area contributed by atoms with Crippen molar-refractivity contribution in [3.63, 3.8) is 0 Å². The molecule has 216 valence electrons. The van der Waals surface area contributed by atoms with Crippen molar-refractivity contribution in [1.29, 1.82) is 0 Å². The molecule has 0 saturated heterocycles. The highest BCUT2D eigenvalue weighted by atomic mass is 32.2. The zero-order chi connectivity index (χ0) is 29.6. The lowest BCUT2D eigenvalue weighted by atomic mass is 9.63. The van der Waals surface area contributed by atoms with Crippen LogP contribution in [0.15, 0.2) is 77.7 Å². The molecule has 1 fully saturated rings. The van der Waals surface area contributed by atoms with Crippen LogP contribution in [0.4, 0.5) is 17.6 Å². The van der Waals surface area contributed by atoms with Crippen LogP contribution >= 0.6 is 0 Å². The predicted octanol–water partition coefficient (Wildman–Crippen LogP) is 6.49. The molecule has 1 saturated carbocycles. The third-order valence-electron chi connectivity index (χ3n) is 8.32. The van der Waals surface area contributed by atoms with Gasteiger partial charge < -0.3 is 10.7 Å². The Balaban J connectivity index is 1.34. The van der Waals surface area contributed by atoms with Gasteiger partial charge >= 0.3 is 6.18 Å². The second kappa shape index (κ2) is 10.6. The molecule has 0 bridgehead atoms. The molecular formula is C30H29F4N3O3S. The Morgan fingerprint density at radius 2 is 1.68 bits per heavy atom. The van der Waals surface area contributed by atoms with E-state index in [1.165, 1.54) is 42.5 Å². The van der Waals surface area contributed by atoms with E-state index in [1.54, 1.807) is 24.3 Å². The number of carbonyl (C=O) groups excluding carboxylic acids is 1. The van der Waals surface area contributed by atoms with E-state index < -0.39 is 39.1 Å². The summed E-state index contributed by atoms with van der Waals surface area (Å²) < 4.78 is 83.3. The van der Waals surface area contributed by atoms with Crippen LogP contribution in [0.5, 0.6) is 0 Å². The first-order valence-electron chi connectivity index (χ1n) is 13.2. The summed E-state index contributed by atoms with van der Waals surface area (Å²) in [4.78, 5) is 15.5. The first-order chi connectivity index (χ1) is 19.3. The third-order valence-corrected chi connectivity index (χ3v) is 9.83. The average molecular weight is 588 g/mol. The molecule has 5 rings (SSSR count). The number of primary amides is 1. The summed E-state index contributed by atoms with van der Waals surface area (Å²) in [6, 6.07) is 16.6. The van der Waals surface area contributed by atoms with E-state index in [-0.39, 0.29) is 27.9 Å². The van der Waals surface area contributed by atoms with E-state index in [2.05, 4.69) is 9.71 Å². The van der Waals surface area contributed by atoms with Gasteiger partial charge in [0.1, 0.15) is 5.82 Å². The molecule has 0 aliphatic heterocycles. The Morgan fingerprint density at radius 1 is 1.02 bits per heavy atom. The van der Waals surface area contributed by atoms with Crippen LogP contribution in [0.2, 0.25) is 0 Å². The number of fused-ring (bicyclic) bond motifs is 1. The molecule has 1 atom stereocenters. The lowest BCUT2D eigenvalue weighted by Gasteiger charge is -2.42. The summed E-state index contributed by atoms with van der Waals surface area (Å²) in [7, 11) is -3.98. The molecule has 6 nitrogen and oxygen atoms in total. The number of amides is 1. The Labute approximate surface area is 235 Å². The second-order valence-electron chi connectivity index (χ2n) is 10.7. The van der Waals surface area contributed by atoms with Crippen molar-refractivity contribution in [2.24, 2.45) is 11.1 Å². The number of hydrogen-bond acceptors (Lipinski definition) is 3. The highest BCUT2D eigenvalue weighted by molar-refractivity contribution is 7.89. The second-order valence-corrected chi connectivity index (χ2v) is 12.4. The van der Waals surface area contributed by atoms with Gasteiger partial charge in [0.05, 0.1) is 15.9 Å². The fourth-order valence-corrected chi connectivity index (χ4v) is 7.22. The van der Waals surface area contributed by atoms with Crippen molar-refractivity contribution in [1.82, 2.24) is 9.71 Å². The van der Waals surface area contributed by atoms with Gasteiger partial charge in [0.15, 0.2) is 0 Å². The lowest BCUT2D eigenvalue weighted by Crippen LogP contribution is -2.48. The molecule has 1 aliphatic carbocycles. The fourth-order valence-electron chi connectivity index (χ4n) is 5.89. The van der Waals surface area contributed by atoms with E-state index in [0.29, 0.717) is 36.6 Å². The Bertz CT molecular complexity index is 1690. The minimum atomic E-state index is -4.55. The van der Waals surface area contributed by atoms with E-state index in [4.69, 9.17) is 5.73 Å². The van der Waals surface area contributed by atoms with Crippen LogP contribution in [0.3, 0.4) is 0 Å². The zero-order valence-electron chi connectivity index (χ0n) is 22.1. The number of benzene rings is 3. The monoisotopic (exact) mass is 587 g/mol. The number of carbonyl (C=O) groups is 1. The molecule has 41 heavy (non-hydrogen) atoms. The van der Waals surface area contributed by atoms with Crippen LogP contribution in [-0.2, 0) is 21.0 Å². The number of aromatic amines is 1.